The Labute approximate surface area is 245 Å². The molecule has 0 fully saturated rings. The van der Waals surface area contributed by atoms with Crippen LogP contribution in [0.2, 0.25) is 0 Å². The van der Waals surface area contributed by atoms with Crippen molar-refractivity contribution >= 4 is 44.0 Å². The number of rotatable bonds is 5. The standard InChI is InChI=1S/C40H28N2/c1-3-12-29(13-4-1)36-26-31(20-23-38(36)41-33-22-19-28-11-7-8-14-30(28)25-33)32-21-24-40-37(27-32)35-17-9-10-18-39(35)42(40)34-15-5-2-6-16-34/h1-27,41H. The highest BCUT2D eigenvalue weighted by Gasteiger charge is 2.14. The summed E-state index contributed by atoms with van der Waals surface area (Å²) in [4.78, 5) is 0. The first-order valence-electron chi connectivity index (χ1n) is 14.4. The molecule has 1 aromatic heterocycles. The number of para-hydroxylation sites is 2. The molecule has 198 valence electrons. The highest BCUT2D eigenvalue weighted by atomic mass is 15.0. The molecule has 1 heterocycles. The van der Waals surface area contributed by atoms with E-state index < -0.39 is 0 Å². The Morgan fingerprint density at radius 3 is 1.93 bits per heavy atom. The number of anilines is 2. The van der Waals surface area contributed by atoms with Gasteiger partial charge in [-0.3, -0.25) is 0 Å². The zero-order valence-corrected chi connectivity index (χ0v) is 23.0. The van der Waals surface area contributed by atoms with Gasteiger partial charge in [-0.05, 0) is 82.1 Å². The van der Waals surface area contributed by atoms with Crippen molar-refractivity contribution in [3.05, 3.63) is 164 Å². The first-order chi connectivity index (χ1) is 20.8. The lowest BCUT2D eigenvalue weighted by Crippen LogP contribution is -1.95. The molecule has 0 aliphatic rings. The van der Waals surface area contributed by atoms with Crippen LogP contribution in [0.3, 0.4) is 0 Å². The molecule has 0 amide bonds. The summed E-state index contributed by atoms with van der Waals surface area (Å²) in [6.07, 6.45) is 0. The lowest BCUT2D eigenvalue weighted by Gasteiger charge is -2.15. The van der Waals surface area contributed by atoms with Crippen molar-refractivity contribution in [1.29, 1.82) is 0 Å². The second-order valence-corrected chi connectivity index (χ2v) is 10.7. The second kappa shape index (κ2) is 10.1. The highest BCUT2D eigenvalue weighted by Crippen LogP contribution is 2.38. The normalized spacial score (nSPS) is 11.3. The Bertz CT molecular complexity index is 2210. The van der Waals surface area contributed by atoms with Crippen LogP contribution in [-0.4, -0.2) is 4.57 Å². The molecule has 0 bridgehead atoms. The van der Waals surface area contributed by atoms with Crippen molar-refractivity contribution < 1.29 is 0 Å². The van der Waals surface area contributed by atoms with E-state index in [0.29, 0.717) is 0 Å². The van der Waals surface area contributed by atoms with E-state index in [4.69, 9.17) is 0 Å². The fourth-order valence-corrected chi connectivity index (χ4v) is 6.12. The third-order valence-electron chi connectivity index (χ3n) is 8.15. The molecule has 42 heavy (non-hydrogen) atoms. The molecule has 0 spiro atoms. The first kappa shape index (κ1) is 24.2. The first-order valence-corrected chi connectivity index (χ1v) is 14.4. The smallest absolute Gasteiger partial charge is 0.0541 e. The van der Waals surface area contributed by atoms with Gasteiger partial charge in [-0.2, -0.15) is 0 Å². The number of benzene rings is 7. The monoisotopic (exact) mass is 536 g/mol. The quantitative estimate of drug-likeness (QED) is 0.231. The minimum absolute atomic E-state index is 1.08. The Morgan fingerprint density at radius 2 is 1.07 bits per heavy atom. The van der Waals surface area contributed by atoms with Gasteiger partial charge in [0.25, 0.3) is 0 Å². The molecule has 0 radical (unpaired) electrons. The minimum atomic E-state index is 1.08. The number of fused-ring (bicyclic) bond motifs is 4. The Hall–Kier alpha value is -5.60. The summed E-state index contributed by atoms with van der Waals surface area (Å²) in [7, 11) is 0. The summed E-state index contributed by atoms with van der Waals surface area (Å²) >= 11 is 0. The maximum atomic E-state index is 3.71. The summed E-state index contributed by atoms with van der Waals surface area (Å²) in [5.74, 6) is 0. The van der Waals surface area contributed by atoms with Gasteiger partial charge in [0, 0.05) is 33.4 Å². The summed E-state index contributed by atoms with van der Waals surface area (Å²) in [6, 6.07) is 58.6. The van der Waals surface area contributed by atoms with Gasteiger partial charge in [0.1, 0.15) is 0 Å². The van der Waals surface area contributed by atoms with Crippen molar-refractivity contribution in [3.63, 3.8) is 0 Å². The Morgan fingerprint density at radius 1 is 0.405 bits per heavy atom. The summed E-state index contributed by atoms with van der Waals surface area (Å²) < 4.78 is 2.36. The molecule has 1 N–H and O–H groups in total. The topological polar surface area (TPSA) is 17.0 Å². The average molecular weight is 537 g/mol. The van der Waals surface area contributed by atoms with E-state index in [9.17, 15) is 0 Å². The molecule has 2 nitrogen and oxygen atoms in total. The molecule has 0 aliphatic heterocycles. The number of nitrogens with zero attached hydrogens (tertiary/aromatic N) is 1. The molecule has 0 aliphatic carbocycles. The van der Waals surface area contributed by atoms with E-state index in [1.54, 1.807) is 0 Å². The third kappa shape index (κ3) is 4.22. The van der Waals surface area contributed by atoms with E-state index in [2.05, 4.69) is 174 Å². The molecule has 0 saturated carbocycles. The maximum absolute atomic E-state index is 3.71. The zero-order chi connectivity index (χ0) is 27.9. The van der Waals surface area contributed by atoms with Crippen molar-refractivity contribution in [1.82, 2.24) is 4.57 Å². The fraction of sp³-hybridized carbons (Fsp3) is 0. The van der Waals surface area contributed by atoms with Crippen LogP contribution >= 0.6 is 0 Å². The predicted octanol–water partition coefficient (Wildman–Crippen LogP) is 11.0. The van der Waals surface area contributed by atoms with E-state index in [-0.39, 0.29) is 0 Å². The van der Waals surface area contributed by atoms with Gasteiger partial charge in [0.05, 0.1) is 11.0 Å². The van der Waals surface area contributed by atoms with Crippen LogP contribution in [0.15, 0.2) is 164 Å². The van der Waals surface area contributed by atoms with Gasteiger partial charge < -0.3 is 9.88 Å². The van der Waals surface area contributed by atoms with Crippen molar-refractivity contribution in [2.75, 3.05) is 5.32 Å². The average Bonchev–Trinajstić information content (AvgIpc) is 3.39. The molecule has 8 aromatic rings. The highest BCUT2D eigenvalue weighted by molar-refractivity contribution is 6.10. The molecular formula is C40H28N2. The Balaban J connectivity index is 1.26. The van der Waals surface area contributed by atoms with Gasteiger partial charge in [0.2, 0.25) is 0 Å². The van der Waals surface area contributed by atoms with Crippen molar-refractivity contribution in [3.8, 4) is 27.9 Å². The van der Waals surface area contributed by atoms with Gasteiger partial charge in [-0.25, -0.2) is 0 Å². The molecule has 0 atom stereocenters. The van der Waals surface area contributed by atoms with E-state index in [0.717, 1.165) is 11.4 Å². The van der Waals surface area contributed by atoms with E-state index in [1.165, 1.54) is 60.5 Å². The molecular weight excluding hydrogens is 508 g/mol. The second-order valence-electron chi connectivity index (χ2n) is 10.7. The van der Waals surface area contributed by atoms with Gasteiger partial charge in [-0.15, -0.1) is 0 Å². The largest absolute Gasteiger partial charge is 0.355 e. The van der Waals surface area contributed by atoms with Crippen LogP contribution < -0.4 is 5.32 Å². The fourth-order valence-electron chi connectivity index (χ4n) is 6.12. The number of nitrogens with one attached hydrogen (secondary N) is 1. The van der Waals surface area contributed by atoms with Crippen molar-refractivity contribution in [2.45, 2.75) is 0 Å². The summed E-state index contributed by atoms with van der Waals surface area (Å²) in [6.45, 7) is 0. The van der Waals surface area contributed by atoms with Crippen LogP contribution in [-0.2, 0) is 0 Å². The van der Waals surface area contributed by atoms with Crippen LogP contribution in [0.25, 0.3) is 60.5 Å². The number of hydrogen-bond donors (Lipinski definition) is 1. The lowest BCUT2D eigenvalue weighted by molar-refractivity contribution is 1.18. The van der Waals surface area contributed by atoms with Crippen LogP contribution in [0.1, 0.15) is 0 Å². The summed E-state index contributed by atoms with van der Waals surface area (Å²) in [5.41, 5.74) is 10.5. The number of aromatic nitrogens is 1. The molecule has 8 rings (SSSR count). The maximum Gasteiger partial charge on any atom is 0.0541 e. The number of hydrogen-bond acceptors (Lipinski definition) is 1. The predicted molar refractivity (Wildman–Crippen MR) is 179 cm³/mol. The molecule has 7 aromatic carbocycles. The lowest BCUT2D eigenvalue weighted by atomic mass is 9.96. The van der Waals surface area contributed by atoms with Gasteiger partial charge >= 0.3 is 0 Å². The Kier molecular flexibility index (Phi) is 5.82. The van der Waals surface area contributed by atoms with Crippen molar-refractivity contribution in [2.24, 2.45) is 0 Å². The zero-order valence-electron chi connectivity index (χ0n) is 23.0. The van der Waals surface area contributed by atoms with Gasteiger partial charge in [-0.1, -0.05) is 109 Å². The third-order valence-corrected chi connectivity index (χ3v) is 8.15. The minimum Gasteiger partial charge on any atom is -0.355 e. The molecule has 0 saturated heterocycles. The molecule has 2 heteroatoms. The van der Waals surface area contributed by atoms with Crippen LogP contribution in [0.4, 0.5) is 11.4 Å². The van der Waals surface area contributed by atoms with Gasteiger partial charge in [0.15, 0.2) is 0 Å². The van der Waals surface area contributed by atoms with E-state index >= 15 is 0 Å². The summed E-state index contributed by atoms with van der Waals surface area (Å²) in [5, 5.41) is 8.70. The van der Waals surface area contributed by atoms with Crippen LogP contribution in [0, 0.1) is 0 Å². The SMILES string of the molecule is c1ccc(-c2cc(-c3ccc4c(c3)c3ccccc3n4-c3ccccc3)ccc2Nc2ccc3ccccc3c2)cc1. The van der Waals surface area contributed by atoms with Crippen LogP contribution in [0.5, 0.6) is 0 Å². The molecule has 0 unspecified atom stereocenters. The van der Waals surface area contributed by atoms with E-state index in [1.807, 2.05) is 0 Å².